The topological polar surface area (TPSA) is 32.3 Å². The lowest BCUT2D eigenvalue weighted by Crippen LogP contribution is -2.48. The van der Waals surface area contributed by atoms with Crippen molar-refractivity contribution in [3.63, 3.8) is 0 Å². The van der Waals surface area contributed by atoms with Gasteiger partial charge in [0.05, 0.1) is 5.41 Å². The minimum absolute atomic E-state index is 0.225. The van der Waals surface area contributed by atoms with Crippen molar-refractivity contribution >= 4 is 11.6 Å². The molecule has 0 aromatic heterocycles. The van der Waals surface area contributed by atoms with E-state index in [9.17, 15) is 4.79 Å². The molecule has 3 nitrogen and oxygen atoms in total. The number of nitrogens with zero attached hydrogens (tertiary/aromatic N) is 1. The lowest BCUT2D eigenvalue weighted by Gasteiger charge is -2.37. The summed E-state index contributed by atoms with van der Waals surface area (Å²) in [6, 6.07) is 8.44. The first-order valence-corrected chi connectivity index (χ1v) is 8.26. The maximum Gasteiger partial charge on any atom is 0.234 e. The molecule has 1 amide bonds. The number of rotatable bonds is 2. The Morgan fingerprint density at radius 1 is 1.29 bits per heavy atom. The Morgan fingerprint density at radius 3 is 2.81 bits per heavy atom. The fourth-order valence-electron chi connectivity index (χ4n) is 3.80. The monoisotopic (exact) mass is 286 g/mol. The molecule has 0 aliphatic carbocycles. The van der Waals surface area contributed by atoms with Crippen molar-refractivity contribution < 1.29 is 4.79 Å². The van der Waals surface area contributed by atoms with Crippen LogP contribution >= 0.6 is 0 Å². The average molecular weight is 286 g/mol. The molecule has 2 aliphatic heterocycles. The molecule has 114 valence electrons. The van der Waals surface area contributed by atoms with Crippen molar-refractivity contribution in [2.45, 2.75) is 39.5 Å². The van der Waals surface area contributed by atoms with E-state index >= 15 is 0 Å². The van der Waals surface area contributed by atoms with Crippen LogP contribution in [-0.2, 0) is 11.2 Å². The third-order valence-electron chi connectivity index (χ3n) is 5.32. The van der Waals surface area contributed by atoms with Crippen molar-refractivity contribution in [2.75, 3.05) is 24.5 Å². The lowest BCUT2D eigenvalue weighted by molar-refractivity contribution is -0.129. The predicted molar refractivity (Wildman–Crippen MR) is 86.5 cm³/mol. The number of nitrogens with one attached hydrogen (secondary N) is 1. The van der Waals surface area contributed by atoms with Gasteiger partial charge in [-0.1, -0.05) is 32.0 Å². The molecule has 1 N–H and O–H groups in total. The predicted octanol–water partition coefficient (Wildman–Crippen LogP) is 2.99. The number of carbonyl (C=O) groups excluding carboxylic acids is 1. The molecule has 3 rings (SSSR count). The molecule has 1 fully saturated rings. The Labute approximate surface area is 127 Å². The molecule has 0 radical (unpaired) electrons. The smallest absolute Gasteiger partial charge is 0.234 e. The van der Waals surface area contributed by atoms with Crippen molar-refractivity contribution in [2.24, 2.45) is 11.3 Å². The third kappa shape index (κ3) is 2.48. The summed E-state index contributed by atoms with van der Waals surface area (Å²) >= 11 is 0. The molecular formula is C18H26N2O. The maximum absolute atomic E-state index is 13.4. The first kappa shape index (κ1) is 14.6. The Kier molecular flexibility index (Phi) is 4.03. The number of para-hydroxylation sites is 1. The second kappa shape index (κ2) is 5.80. The molecule has 3 heteroatoms. The van der Waals surface area contributed by atoms with Crippen LogP contribution < -0.4 is 10.2 Å². The molecule has 1 saturated heterocycles. The van der Waals surface area contributed by atoms with Gasteiger partial charge in [-0.15, -0.1) is 0 Å². The molecule has 1 aromatic rings. The number of fused-ring (bicyclic) bond motifs is 1. The lowest BCUT2D eigenvalue weighted by atomic mass is 9.75. The van der Waals surface area contributed by atoms with Crippen molar-refractivity contribution in [1.29, 1.82) is 0 Å². The zero-order valence-electron chi connectivity index (χ0n) is 13.2. The van der Waals surface area contributed by atoms with Crippen LogP contribution in [0.15, 0.2) is 24.3 Å². The molecule has 1 atom stereocenters. The van der Waals surface area contributed by atoms with Gasteiger partial charge in [-0.25, -0.2) is 0 Å². The SMILES string of the molecule is CC(C)C1(C(=O)N2CCCCc3ccccc32)CCNC1. The van der Waals surface area contributed by atoms with Crippen LogP contribution in [0, 0.1) is 11.3 Å². The second-order valence-corrected chi connectivity index (χ2v) is 6.78. The number of anilines is 1. The van der Waals surface area contributed by atoms with Crippen LogP contribution in [0.3, 0.4) is 0 Å². The van der Waals surface area contributed by atoms with Crippen molar-refractivity contribution in [3.05, 3.63) is 29.8 Å². The van der Waals surface area contributed by atoms with E-state index in [4.69, 9.17) is 0 Å². The Morgan fingerprint density at radius 2 is 2.10 bits per heavy atom. The highest BCUT2D eigenvalue weighted by atomic mass is 16.2. The normalized spacial score (nSPS) is 25.8. The summed E-state index contributed by atoms with van der Waals surface area (Å²) in [6.45, 7) is 7.02. The van der Waals surface area contributed by atoms with E-state index < -0.39 is 0 Å². The summed E-state index contributed by atoms with van der Waals surface area (Å²) < 4.78 is 0. The average Bonchev–Trinajstić information content (AvgIpc) is 2.89. The standard InChI is InChI=1S/C18H26N2O/c1-14(2)18(10-11-19-13-18)17(21)20-12-6-5-8-15-7-3-4-9-16(15)20/h3-4,7,9,14,19H,5-6,8,10-13H2,1-2H3. The van der Waals surface area contributed by atoms with Gasteiger partial charge in [0.15, 0.2) is 0 Å². The minimum atomic E-state index is -0.225. The zero-order chi connectivity index (χ0) is 14.9. The first-order chi connectivity index (χ1) is 10.1. The number of carbonyl (C=O) groups is 1. The summed E-state index contributed by atoms with van der Waals surface area (Å²) in [7, 11) is 0. The van der Waals surface area contributed by atoms with E-state index in [2.05, 4.69) is 48.3 Å². The highest BCUT2D eigenvalue weighted by Crippen LogP contribution is 2.39. The molecule has 0 spiro atoms. The van der Waals surface area contributed by atoms with Crippen LogP contribution in [0.25, 0.3) is 0 Å². The number of aryl methyl sites for hydroxylation is 1. The number of benzene rings is 1. The fraction of sp³-hybridized carbons (Fsp3) is 0.611. The summed E-state index contributed by atoms with van der Waals surface area (Å²) in [6.07, 6.45) is 4.32. The van der Waals surface area contributed by atoms with E-state index in [1.165, 1.54) is 12.0 Å². The molecule has 0 saturated carbocycles. The van der Waals surface area contributed by atoms with E-state index in [0.717, 1.165) is 44.6 Å². The summed E-state index contributed by atoms with van der Waals surface area (Å²) in [5.41, 5.74) is 2.25. The molecular weight excluding hydrogens is 260 g/mol. The van der Waals surface area contributed by atoms with Crippen LogP contribution in [-0.4, -0.2) is 25.5 Å². The molecule has 2 aliphatic rings. The van der Waals surface area contributed by atoms with Gasteiger partial charge in [0.25, 0.3) is 0 Å². The van der Waals surface area contributed by atoms with Gasteiger partial charge in [-0.05, 0) is 49.8 Å². The summed E-state index contributed by atoms with van der Waals surface area (Å²) in [4.78, 5) is 15.4. The molecule has 0 bridgehead atoms. The fourth-order valence-corrected chi connectivity index (χ4v) is 3.80. The van der Waals surface area contributed by atoms with Gasteiger partial charge < -0.3 is 10.2 Å². The van der Waals surface area contributed by atoms with Crippen LogP contribution in [0.1, 0.15) is 38.7 Å². The first-order valence-electron chi connectivity index (χ1n) is 8.26. The van der Waals surface area contributed by atoms with E-state index in [1.54, 1.807) is 0 Å². The number of hydrogen-bond acceptors (Lipinski definition) is 2. The van der Waals surface area contributed by atoms with E-state index in [0.29, 0.717) is 11.8 Å². The highest BCUT2D eigenvalue weighted by Gasteiger charge is 2.46. The van der Waals surface area contributed by atoms with Gasteiger partial charge in [0, 0.05) is 18.8 Å². The van der Waals surface area contributed by atoms with Crippen LogP contribution in [0.2, 0.25) is 0 Å². The van der Waals surface area contributed by atoms with Crippen molar-refractivity contribution in [3.8, 4) is 0 Å². The number of amides is 1. The largest absolute Gasteiger partial charge is 0.316 e. The van der Waals surface area contributed by atoms with Gasteiger partial charge in [0.1, 0.15) is 0 Å². The second-order valence-electron chi connectivity index (χ2n) is 6.78. The Bertz CT molecular complexity index is 518. The van der Waals surface area contributed by atoms with E-state index in [1.807, 2.05) is 0 Å². The van der Waals surface area contributed by atoms with E-state index in [-0.39, 0.29) is 5.41 Å². The van der Waals surface area contributed by atoms with Gasteiger partial charge in [-0.3, -0.25) is 4.79 Å². The van der Waals surface area contributed by atoms with Crippen molar-refractivity contribution in [1.82, 2.24) is 5.32 Å². The quantitative estimate of drug-likeness (QED) is 0.906. The van der Waals surface area contributed by atoms with Gasteiger partial charge >= 0.3 is 0 Å². The summed E-state index contributed by atoms with van der Waals surface area (Å²) in [5.74, 6) is 0.701. The minimum Gasteiger partial charge on any atom is -0.316 e. The molecule has 2 heterocycles. The number of hydrogen-bond donors (Lipinski definition) is 1. The summed E-state index contributed by atoms with van der Waals surface area (Å²) in [5, 5.41) is 3.41. The Hall–Kier alpha value is -1.35. The van der Waals surface area contributed by atoms with Gasteiger partial charge in [-0.2, -0.15) is 0 Å². The molecule has 1 aromatic carbocycles. The highest BCUT2D eigenvalue weighted by molar-refractivity contribution is 5.99. The maximum atomic E-state index is 13.4. The van der Waals surface area contributed by atoms with Crippen LogP contribution in [0.5, 0.6) is 0 Å². The zero-order valence-corrected chi connectivity index (χ0v) is 13.2. The molecule has 21 heavy (non-hydrogen) atoms. The molecule has 1 unspecified atom stereocenters. The van der Waals surface area contributed by atoms with Crippen LogP contribution in [0.4, 0.5) is 5.69 Å². The third-order valence-corrected chi connectivity index (χ3v) is 5.32. The van der Waals surface area contributed by atoms with Gasteiger partial charge in [0.2, 0.25) is 5.91 Å². The Balaban J connectivity index is 1.97.